The van der Waals surface area contributed by atoms with Crippen molar-refractivity contribution < 1.29 is 0 Å². The van der Waals surface area contributed by atoms with E-state index in [-0.39, 0.29) is 12.1 Å². The molecule has 2 aromatic heterocycles. The summed E-state index contributed by atoms with van der Waals surface area (Å²) >= 11 is 1.37. The van der Waals surface area contributed by atoms with Gasteiger partial charge in [0.25, 0.3) is 5.56 Å². The Hall–Kier alpha value is -3.51. The lowest BCUT2D eigenvalue weighted by molar-refractivity contribution is 0.726. The van der Waals surface area contributed by atoms with Crippen LogP contribution in [-0.4, -0.2) is 29.8 Å². The Bertz CT molecular complexity index is 1300. The zero-order valence-corrected chi connectivity index (χ0v) is 16.7. The molecule has 0 spiro atoms. The zero-order chi connectivity index (χ0) is 20.4. The highest BCUT2D eigenvalue weighted by Gasteiger charge is 2.15. The first-order valence-electron chi connectivity index (χ1n) is 8.92. The number of hydrogen-bond acceptors (Lipinski definition) is 7. The molecule has 0 amide bonds. The van der Waals surface area contributed by atoms with Crippen LogP contribution in [0.15, 0.2) is 52.4 Å². The van der Waals surface area contributed by atoms with Crippen LogP contribution >= 0.6 is 11.8 Å². The van der Waals surface area contributed by atoms with E-state index in [9.17, 15) is 4.79 Å². The topological polar surface area (TPSA) is 102 Å². The molecule has 0 unspecified atom stereocenters. The van der Waals surface area contributed by atoms with Gasteiger partial charge in [0.2, 0.25) is 5.16 Å². The van der Waals surface area contributed by atoms with Crippen LogP contribution < -0.4 is 5.56 Å². The van der Waals surface area contributed by atoms with Crippen molar-refractivity contribution in [2.24, 2.45) is 0 Å². The molecule has 0 aliphatic heterocycles. The molecular formula is C20H17N7OS. The minimum Gasteiger partial charge on any atom is -0.281 e. The molecule has 29 heavy (non-hydrogen) atoms. The molecule has 144 valence electrons. The van der Waals surface area contributed by atoms with Gasteiger partial charge >= 0.3 is 0 Å². The Balaban J connectivity index is 1.70. The van der Waals surface area contributed by atoms with Crippen molar-refractivity contribution in [2.75, 3.05) is 0 Å². The minimum absolute atomic E-state index is 0.0609. The van der Waals surface area contributed by atoms with Gasteiger partial charge in [-0.1, -0.05) is 41.6 Å². The van der Waals surface area contributed by atoms with E-state index in [2.05, 4.69) is 26.6 Å². The Morgan fingerprint density at radius 2 is 2.00 bits per heavy atom. The van der Waals surface area contributed by atoms with Crippen LogP contribution in [0.2, 0.25) is 0 Å². The number of nitriles is 1. The van der Waals surface area contributed by atoms with Crippen LogP contribution in [0.3, 0.4) is 0 Å². The number of rotatable bonds is 5. The fourth-order valence-electron chi connectivity index (χ4n) is 3.15. The summed E-state index contributed by atoms with van der Waals surface area (Å²) in [5, 5.41) is 22.3. The number of para-hydroxylation sites is 1. The van der Waals surface area contributed by atoms with Gasteiger partial charge in [0.05, 0.1) is 28.4 Å². The van der Waals surface area contributed by atoms with E-state index in [4.69, 9.17) is 5.26 Å². The van der Waals surface area contributed by atoms with Gasteiger partial charge in [0, 0.05) is 0 Å². The molecule has 0 bridgehead atoms. The summed E-state index contributed by atoms with van der Waals surface area (Å²) in [6, 6.07) is 15.2. The van der Waals surface area contributed by atoms with E-state index in [1.165, 1.54) is 16.3 Å². The van der Waals surface area contributed by atoms with Gasteiger partial charge in [-0.3, -0.25) is 9.36 Å². The summed E-state index contributed by atoms with van der Waals surface area (Å²) in [6.45, 7) is 3.98. The van der Waals surface area contributed by atoms with E-state index in [0.29, 0.717) is 27.6 Å². The van der Waals surface area contributed by atoms with Crippen molar-refractivity contribution >= 4 is 22.7 Å². The van der Waals surface area contributed by atoms with Crippen molar-refractivity contribution in [3.05, 3.63) is 69.8 Å². The number of aryl methyl sites for hydroxylation is 2. The molecule has 0 saturated carbocycles. The summed E-state index contributed by atoms with van der Waals surface area (Å²) in [6.07, 6.45) is 0. The van der Waals surface area contributed by atoms with Crippen LogP contribution in [-0.2, 0) is 12.3 Å². The fourth-order valence-corrected chi connectivity index (χ4v) is 3.98. The average molecular weight is 403 g/mol. The van der Waals surface area contributed by atoms with Gasteiger partial charge in [-0.15, -0.1) is 5.10 Å². The monoisotopic (exact) mass is 403 g/mol. The molecule has 0 aliphatic carbocycles. The Labute approximate surface area is 170 Å². The smallest absolute Gasteiger partial charge is 0.262 e. The third-order valence-electron chi connectivity index (χ3n) is 4.52. The Kier molecular flexibility index (Phi) is 5.10. The standard InChI is InChI=1S/C20H17N7OS/c1-13-7-8-17(14(2)11-13)27-20(23-24-25-27)29-12-18-22-16-6-4-3-5-15(16)19(28)26(18)10-9-21/h3-8,11H,10,12H2,1-2H3. The Morgan fingerprint density at radius 1 is 1.17 bits per heavy atom. The van der Waals surface area contributed by atoms with E-state index >= 15 is 0 Å². The summed E-state index contributed by atoms with van der Waals surface area (Å²) < 4.78 is 3.08. The SMILES string of the molecule is Cc1ccc(-n2nnnc2SCc2nc3ccccc3c(=O)n2CC#N)c(C)c1. The number of aromatic nitrogens is 6. The number of fused-ring (bicyclic) bond motifs is 1. The maximum Gasteiger partial charge on any atom is 0.262 e. The molecule has 2 aromatic carbocycles. The first-order valence-corrected chi connectivity index (χ1v) is 9.91. The molecule has 0 fully saturated rings. The zero-order valence-electron chi connectivity index (χ0n) is 15.9. The van der Waals surface area contributed by atoms with Gasteiger partial charge in [-0.25, -0.2) is 4.98 Å². The van der Waals surface area contributed by atoms with Crippen molar-refractivity contribution in [2.45, 2.75) is 31.3 Å². The number of nitrogens with zero attached hydrogens (tertiary/aromatic N) is 7. The molecule has 4 rings (SSSR count). The summed E-state index contributed by atoms with van der Waals surface area (Å²) in [4.78, 5) is 17.4. The molecular weight excluding hydrogens is 386 g/mol. The number of hydrogen-bond donors (Lipinski definition) is 0. The van der Waals surface area contributed by atoms with Crippen molar-refractivity contribution in [3.63, 3.8) is 0 Å². The minimum atomic E-state index is -0.221. The lowest BCUT2D eigenvalue weighted by Crippen LogP contribution is -2.24. The van der Waals surface area contributed by atoms with E-state index in [0.717, 1.165) is 16.8 Å². The van der Waals surface area contributed by atoms with Crippen LogP contribution in [0, 0.1) is 25.2 Å². The predicted octanol–water partition coefficient (Wildman–Crippen LogP) is 2.80. The van der Waals surface area contributed by atoms with E-state index < -0.39 is 0 Å². The largest absolute Gasteiger partial charge is 0.281 e. The van der Waals surface area contributed by atoms with Crippen LogP contribution in [0.5, 0.6) is 0 Å². The fraction of sp³-hybridized carbons (Fsp3) is 0.200. The molecule has 0 atom stereocenters. The van der Waals surface area contributed by atoms with Crippen molar-refractivity contribution in [1.82, 2.24) is 29.8 Å². The van der Waals surface area contributed by atoms with Crippen molar-refractivity contribution in [1.29, 1.82) is 5.26 Å². The molecule has 4 aromatic rings. The van der Waals surface area contributed by atoms with Gasteiger partial charge in [0.15, 0.2) is 0 Å². The second kappa shape index (κ2) is 7.85. The molecule has 0 saturated heterocycles. The van der Waals surface area contributed by atoms with Crippen LogP contribution in [0.4, 0.5) is 0 Å². The first kappa shape index (κ1) is 18.8. The molecule has 0 radical (unpaired) electrons. The second-order valence-electron chi connectivity index (χ2n) is 6.55. The molecule has 9 heteroatoms. The molecule has 2 heterocycles. The maximum absolute atomic E-state index is 12.8. The lowest BCUT2D eigenvalue weighted by atomic mass is 10.1. The summed E-state index contributed by atoms with van der Waals surface area (Å²) in [7, 11) is 0. The van der Waals surface area contributed by atoms with E-state index in [1.54, 1.807) is 22.9 Å². The third-order valence-corrected chi connectivity index (χ3v) is 5.44. The normalized spacial score (nSPS) is 10.9. The van der Waals surface area contributed by atoms with Crippen LogP contribution in [0.1, 0.15) is 17.0 Å². The van der Waals surface area contributed by atoms with Gasteiger partial charge < -0.3 is 0 Å². The van der Waals surface area contributed by atoms with Gasteiger partial charge in [-0.05, 0) is 48.0 Å². The maximum atomic E-state index is 12.8. The highest BCUT2D eigenvalue weighted by atomic mass is 32.2. The lowest BCUT2D eigenvalue weighted by Gasteiger charge is -2.11. The van der Waals surface area contributed by atoms with Gasteiger partial charge in [0.1, 0.15) is 12.4 Å². The van der Waals surface area contributed by atoms with Gasteiger partial charge in [-0.2, -0.15) is 9.94 Å². The van der Waals surface area contributed by atoms with E-state index in [1.807, 2.05) is 38.1 Å². The number of benzene rings is 2. The third kappa shape index (κ3) is 3.62. The number of tetrazole rings is 1. The summed E-state index contributed by atoms with van der Waals surface area (Å²) in [5.41, 5.74) is 3.50. The molecule has 0 aliphatic rings. The Morgan fingerprint density at radius 3 is 2.79 bits per heavy atom. The first-order chi connectivity index (χ1) is 14.1. The predicted molar refractivity (Wildman–Crippen MR) is 110 cm³/mol. The highest BCUT2D eigenvalue weighted by molar-refractivity contribution is 7.98. The number of thioether (sulfide) groups is 1. The highest BCUT2D eigenvalue weighted by Crippen LogP contribution is 2.24. The molecule has 8 nitrogen and oxygen atoms in total. The molecule has 0 N–H and O–H groups in total. The quantitative estimate of drug-likeness (QED) is 0.472. The summed E-state index contributed by atoms with van der Waals surface area (Å²) in [5.74, 6) is 0.864. The van der Waals surface area contributed by atoms with Crippen molar-refractivity contribution in [3.8, 4) is 11.8 Å². The average Bonchev–Trinajstić information content (AvgIpc) is 3.17. The van der Waals surface area contributed by atoms with Crippen LogP contribution in [0.25, 0.3) is 16.6 Å². The second-order valence-corrected chi connectivity index (χ2v) is 7.49.